The summed E-state index contributed by atoms with van der Waals surface area (Å²) in [6, 6.07) is 2.76. The number of benzene rings is 1. The number of hydrogen-bond donors (Lipinski definition) is 1. The molecule has 3 nitrogen and oxygen atoms in total. The van der Waals surface area contributed by atoms with Gasteiger partial charge in [0.2, 0.25) is 0 Å². The molecular weight excluding hydrogens is 288 g/mol. The lowest BCUT2D eigenvalue weighted by molar-refractivity contribution is -0.148. The molecule has 1 atom stereocenters. The summed E-state index contributed by atoms with van der Waals surface area (Å²) in [4.78, 5) is 1.72. The highest BCUT2D eigenvalue weighted by atomic mass is 19.4. The summed E-state index contributed by atoms with van der Waals surface area (Å²) in [6.45, 7) is 2.21. The lowest BCUT2D eigenvalue weighted by atomic mass is 9.99. The molecule has 1 aromatic carbocycles. The van der Waals surface area contributed by atoms with Crippen molar-refractivity contribution in [1.29, 1.82) is 0 Å². The van der Waals surface area contributed by atoms with Crippen LogP contribution in [0.3, 0.4) is 0 Å². The number of halogens is 4. The topological polar surface area (TPSA) is 24.5 Å². The first-order chi connectivity index (χ1) is 9.90. The summed E-state index contributed by atoms with van der Waals surface area (Å²) >= 11 is 0. The molecule has 1 heterocycles. The molecule has 0 bridgehead atoms. The zero-order chi connectivity index (χ0) is 15.5. The van der Waals surface area contributed by atoms with Gasteiger partial charge in [0, 0.05) is 37.8 Å². The van der Waals surface area contributed by atoms with Crippen molar-refractivity contribution in [3.63, 3.8) is 0 Å². The third kappa shape index (κ3) is 4.31. The number of nitrogens with zero attached hydrogens (tertiary/aromatic N) is 1. The van der Waals surface area contributed by atoms with Crippen molar-refractivity contribution in [2.24, 2.45) is 0 Å². The van der Waals surface area contributed by atoms with Gasteiger partial charge >= 0.3 is 6.18 Å². The Kier molecular flexibility index (Phi) is 5.05. The van der Waals surface area contributed by atoms with Gasteiger partial charge in [0.1, 0.15) is 11.6 Å². The first-order valence-electron chi connectivity index (χ1n) is 6.75. The van der Waals surface area contributed by atoms with E-state index < -0.39 is 24.5 Å². The average Bonchev–Trinajstić information content (AvgIpc) is 2.45. The second-order valence-electron chi connectivity index (χ2n) is 5.01. The van der Waals surface area contributed by atoms with Gasteiger partial charge < -0.3 is 10.1 Å². The summed E-state index contributed by atoms with van der Waals surface area (Å²) in [5, 5.41) is 3.10. The van der Waals surface area contributed by atoms with Crippen molar-refractivity contribution in [2.45, 2.75) is 18.6 Å². The van der Waals surface area contributed by atoms with Gasteiger partial charge in [-0.05, 0) is 18.2 Å². The highest BCUT2D eigenvalue weighted by Gasteiger charge is 2.37. The lowest BCUT2D eigenvalue weighted by Crippen LogP contribution is -2.46. The monoisotopic (exact) mass is 306 g/mol. The smallest absolute Gasteiger partial charge is 0.390 e. The molecule has 0 saturated carbocycles. The van der Waals surface area contributed by atoms with Crippen LogP contribution in [0.25, 0.3) is 0 Å². The molecule has 1 aliphatic heterocycles. The fourth-order valence-corrected chi connectivity index (χ4v) is 2.61. The molecule has 21 heavy (non-hydrogen) atoms. The molecule has 1 aromatic rings. The molecule has 7 heteroatoms. The second-order valence-corrected chi connectivity index (χ2v) is 5.01. The number of hydrogen-bond acceptors (Lipinski definition) is 3. The molecule has 1 fully saturated rings. The van der Waals surface area contributed by atoms with E-state index in [4.69, 9.17) is 4.74 Å². The van der Waals surface area contributed by atoms with Gasteiger partial charge in [0.15, 0.2) is 0 Å². The van der Waals surface area contributed by atoms with Crippen molar-refractivity contribution in [3.8, 4) is 5.75 Å². The van der Waals surface area contributed by atoms with Gasteiger partial charge in [-0.15, -0.1) is 0 Å². The Morgan fingerprint density at radius 2 is 1.95 bits per heavy atom. The predicted molar refractivity (Wildman–Crippen MR) is 70.8 cm³/mol. The standard InChI is InChI=1S/C14H18F4N2O/c1-21-13-3-2-10(15)8-11(13)12(9-14(16,17)18)20-6-4-19-5-7-20/h2-3,8,12,19H,4-7,9H2,1H3/t12-/m1/s1. The van der Waals surface area contributed by atoms with Crippen molar-refractivity contribution in [1.82, 2.24) is 10.2 Å². The molecule has 2 rings (SSSR count). The van der Waals surface area contributed by atoms with Crippen molar-refractivity contribution in [3.05, 3.63) is 29.6 Å². The van der Waals surface area contributed by atoms with Crippen LogP contribution in [0.5, 0.6) is 5.75 Å². The van der Waals surface area contributed by atoms with Gasteiger partial charge in [-0.25, -0.2) is 4.39 Å². The number of nitrogens with one attached hydrogen (secondary N) is 1. The van der Waals surface area contributed by atoms with Crippen LogP contribution in [0, 0.1) is 5.82 Å². The fourth-order valence-electron chi connectivity index (χ4n) is 2.61. The van der Waals surface area contributed by atoms with E-state index in [0.717, 1.165) is 6.07 Å². The summed E-state index contributed by atoms with van der Waals surface area (Å²) in [7, 11) is 1.37. The zero-order valence-electron chi connectivity index (χ0n) is 11.7. The molecule has 0 aromatic heterocycles. The van der Waals surface area contributed by atoms with Gasteiger partial charge in [-0.3, -0.25) is 4.90 Å². The Hall–Kier alpha value is -1.34. The van der Waals surface area contributed by atoms with E-state index in [9.17, 15) is 17.6 Å². The molecule has 0 amide bonds. The van der Waals surface area contributed by atoms with E-state index in [1.807, 2.05) is 0 Å². The zero-order valence-corrected chi connectivity index (χ0v) is 11.7. The quantitative estimate of drug-likeness (QED) is 0.866. The maximum Gasteiger partial charge on any atom is 0.390 e. The Morgan fingerprint density at radius 1 is 1.29 bits per heavy atom. The van der Waals surface area contributed by atoms with Gasteiger partial charge in [0.25, 0.3) is 0 Å². The maximum atomic E-state index is 13.5. The van der Waals surface area contributed by atoms with Crippen LogP contribution in [-0.2, 0) is 0 Å². The minimum absolute atomic E-state index is 0.247. The highest BCUT2D eigenvalue weighted by Crippen LogP contribution is 2.38. The average molecular weight is 306 g/mol. The maximum absolute atomic E-state index is 13.5. The summed E-state index contributed by atoms with van der Waals surface area (Å²) < 4.78 is 57.3. The summed E-state index contributed by atoms with van der Waals surface area (Å²) in [6.07, 6.45) is -5.35. The van der Waals surface area contributed by atoms with Crippen LogP contribution in [0.2, 0.25) is 0 Å². The van der Waals surface area contributed by atoms with E-state index in [1.54, 1.807) is 4.90 Å². The van der Waals surface area contributed by atoms with Crippen molar-refractivity contribution < 1.29 is 22.3 Å². The molecule has 1 aliphatic rings. The van der Waals surface area contributed by atoms with Crippen molar-refractivity contribution >= 4 is 0 Å². The number of piperazine rings is 1. The number of ether oxygens (including phenoxy) is 1. The second kappa shape index (κ2) is 6.62. The molecule has 118 valence electrons. The Balaban J connectivity index is 2.35. The number of methoxy groups -OCH3 is 1. The Labute approximate surface area is 120 Å². The van der Waals surface area contributed by atoms with Crippen LogP contribution in [-0.4, -0.2) is 44.4 Å². The first kappa shape index (κ1) is 16.0. The summed E-state index contributed by atoms with van der Waals surface area (Å²) in [5.74, 6) is -0.280. The van der Waals surface area contributed by atoms with Gasteiger partial charge in [0.05, 0.1) is 13.5 Å². The van der Waals surface area contributed by atoms with Crippen LogP contribution < -0.4 is 10.1 Å². The number of alkyl halides is 3. The van der Waals surface area contributed by atoms with Crippen LogP contribution in [0.1, 0.15) is 18.0 Å². The summed E-state index contributed by atoms with van der Waals surface area (Å²) in [5.41, 5.74) is 0.247. The third-order valence-corrected chi connectivity index (χ3v) is 3.57. The third-order valence-electron chi connectivity index (χ3n) is 3.57. The first-order valence-corrected chi connectivity index (χ1v) is 6.75. The highest BCUT2D eigenvalue weighted by molar-refractivity contribution is 5.36. The minimum Gasteiger partial charge on any atom is -0.496 e. The predicted octanol–water partition coefficient (Wildman–Crippen LogP) is 2.73. The SMILES string of the molecule is COc1ccc(F)cc1[C@@H](CC(F)(F)F)N1CCNCC1. The van der Waals surface area contributed by atoms with Crippen molar-refractivity contribution in [2.75, 3.05) is 33.3 Å². The normalized spacial score (nSPS) is 18.5. The molecule has 1 N–H and O–H groups in total. The number of rotatable bonds is 4. The molecule has 0 spiro atoms. The van der Waals surface area contributed by atoms with E-state index in [2.05, 4.69) is 5.32 Å². The van der Waals surface area contributed by atoms with E-state index in [1.165, 1.54) is 19.2 Å². The Morgan fingerprint density at radius 3 is 2.52 bits per heavy atom. The molecule has 0 radical (unpaired) electrons. The molecule has 0 unspecified atom stereocenters. The van der Waals surface area contributed by atoms with Crippen LogP contribution >= 0.6 is 0 Å². The van der Waals surface area contributed by atoms with Gasteiger partial charge in [-0.1, -0.05) is 0 Å². The molecule has 0 aliphatic carbocycles. The lowest BCUT2D eigenvalue weighted by Gasteiger charge is -2.36. The van der Waals surface area contributed by atoms with E-state index in [0.29, 0.717) is 26.2 Å². The van der Waals surface area contributed by atoms with E-state index >= 15 is 0 Å². The molecular formula is C14H18F4N2O. The fraction of sp³-hybridized carbons (Fsp3) is 0.571. The largest absolute Gasteiger partial charge is 0.496 e. The van der Waals surface area contributed by atoms with E-state index in [-0.39, 0.29) is 11.3 Å². The van der Waals surface area contributed by atoms with Gasteiger partial charge in [-0.2, -0.15) is 13.2 Å². The van der Waals surface area contributed by atoms with Crippen LogP contribution in [0.15, 0.2) is 18.2 Å². The molecule has 1 saturated heterocycles. The van der Waals surface area contributed by atoms with Crippen LogP contribution in [0.4, 0.5) is 17.6 Å². The minimum atomic E-state index is -4.33. The Bertz CT molecular complexity index is 473.